The number of carbonyl (C=O) groups excluding carboxylic acids is 2. The number of nitro groups is 1. The molecule has 3 heterocycles. The lowest BCUT2D eigenvalue weighted by Gasteiger charge is -2.53. The number of aliphatic hydroxyl groups excluding tert-OH is 1. The van der Waals surface area contributed by atoms with E-state index in [1.807, 2.05) is 4.90 Å². The van der Waals surface area contributed by atoms with Crippen LogP contribution >= 0.6 is 35.3 Å². The highest BCUT2D eigenvalue weighted by Crippen LogP contribution is 2.67. The molecule has 3 aliphatic rings. The van der Waals surface area contributed by atoms with Gasteiger partial charge in [-0.25, -0.2) is 4.79 Å². The van der Waals surface area contributed by atoms with Gasteiger partial charge in [0, 0.05) is 29.7 Å². The summed E-state index contributed by atoms with van der Waals surface area (Å²) in [5.41, 5.74) is 0.704. The molecule has 2 N–H and O–H groups in total. The van der Waals surface area contributed by atoms with E-state index < -0.39 is 33.0 Å². The lowest BCUT2D eigenvalue weighted by molar-refractivity contribution is -0.384. The molecule has 1 aromatic carbocycles. The lowest BCUT2D eigenvalue weighted by atomic mass is 9.89. The number of aliphatic carboxylic acids is 1. The Balaban J connectivity index is 1.57. The summed E-state index contributed by atoms with van der Waals surface area (Å²) in [6.07, 6.45) is 0.216. The maximum atomic E-state index is 13.2. The van der Waals surface area contributed by atoms with E-state index in [4.69, 9.17) is 0 Å². The standard InChI is InChI=1S/C23H27N3O7S3/c1-3-17(28)18-20(29)25-19(21(30)31)22(35-16-8-9-24(11-16)10-13(2)27)36-23(18,25)34-12-14-4-6-15(7-5-14)26(32)33/h4-7,16-18,28H,3,8-12H2,1-2H3,(H,30,31)/t16?,17-,18+,23+/m0/s1. The maximum absolute atomic E-state index is 13.2. The second-order valence-corrected chi connectivity index (χ2v) is 13.2. The van der Waals surface area contributed by atoms with Gasteiger partial charge in [-0.05, 0) is 31.9 Å². The monoisotopic (exact) mass is 553 g/mol. The van der Waals surface area contributed by atoms with Crippen molar-refractivity contribution in [1.29, 1.82) is 0 Å². The Morgan fingerprint density at radius 3 is 2.61 bits per heavy atom. The number of non-ortho nitro benzene ring substituents is 1. The summed E-state index contributed by atoms with van der Waals surface area (Å²) >= 11 is 4.09. The largest absolute Gasteiger partial charge is 0.477 e. The molecule has 3 aliphatic heterocycles. The molecule has 0 spiro atoms. The topological polar surface area (TPSA) is 141 Å². The molecule has 2 saturated heterocycles. The van der Waals surface area contributed by atoms with Gasteiger partial charge in [0.1, 0.15) is 11.7 Å². The number of carbonyl (C=O) groups is 3. The Labute approximate surface area is 221 Å². The van der Waals surface area contributed by atoms with Crippen molar-refractivity contribution >= 4 is 58.6 Å². The number of hydrogen-bond donors (Lipinski definition) is 2. The van der Waals surface area contributed by atoms with Gasteiger partial charge in [-0.15, -0.1) is 23.5 Å². The van der Waals surface area contributed by atoms with Crippen LogP contribution in [0.25, 0.3) is 0 Å². The van der Waals surface area contributed by atoms with Gasteiger partial charge in [-0.3, -0.25) is 29.5 Å². The normalized spacial score (nSPS) is 26.6. The highest BCUT2D eigenvalue weighted by Gasteiger charge is 2.69. The van der Waals surface area contributed by atoms with Crippen molar-refractivity contribution in [3.05, 3.63) is 49.9 Å². The van der Waals surface area contributed by atoms with Gasteiger partial charge in [0.05, 0.1) is 21.8 Å². The average Bonchev–Trinajstić information content (AvgIpc) is 3.37. The van der Waals surface area contributed by atoms with Crippen LogP contribution in [-0.4, -0.2) is 77.8 Å². The van der Waals surface area contributed by atoms with Crippen molar-refractivity contribution < 1.29 is 29.5 Å². The number of carboxylic acid groups (broad SMARTS) is 1. The number of likely N-dealkylation sites (tertiary alicyclic amines) is 1. The number of nitrogens with zero attached hydrogens (tertiary/aromatic N) is 3. The number of nitro benzene ring substituents is 1. The van der Waals surface area contributed by atoms with Gasteiger partial charge in [0.15, 0.2) is 9.90 Å². The van der Waals surface area contributed by atoms with Gasteiger partial charge >= 0.3 is 5.97 Å². The first-order valence-electron chi connectivity index (χ1n) is 11.5. The first-order chi connectivity index (χ1) is 17.1. The fourth-order valence-electron chi connectivity index (χ4n) is 4.66. The molecule has 0 aromatic heterocycles. The second-order valence-electron chi connectivity index (χ2n) is 8.98. The highest BCUT2D eigenvalue weighted by molar-refractivity contribution is 8.29. The minimum Gasteiger partial charge on any atom is -0.477 e. The van der Waals surface area contributed by atoms with Crippen LogP contribution in [0.3, 0.4) is 0 Å². The van der Waals surface area contributed by atoms with Gasteiger partial charge in [0.25, 0.3) is 5.69 Å². The van der Waals surface area contributed by atoms with Crippen molar-refractivity contribution in [2.45, 2.75) is 48.0 Å². The van der Waals surface area contributed by atoms with Gasteiger partial charge in [-0.1, -0.05) is 30.8 Å². The highest BCUT2D eigenvalue weighted by atomic mass is 32.2. The summed E-state index contributed by atoms with van der Waals surface area (Å²) in [5.74, 6) is -1.93. The van der Waals surface area contributed by atoms with Gasteiger partial charge in [0.2, 0.25) is 5.91 Å². The van der Waals surface area contributed by atoms with E-state index in [-0.39, 0.29) is 22.4 Å². The third kappa shape index (κ3) is 5.03. The van der Waals surface area contributed by atoms with Gasteiger partial charge < -0.3 is 10.2 Å². The molecule has 10 nitrogen and oxygen atoms in total. The molecule has 1 amide bonds. The minimum atomic E-state index is -1.20. The first kappa shape index (κ1) is 27.0. The summed E-state index contributed by atoms with van der Waals surface area (Å²) in [6.45, 7) is 5.08. The fourth-order valence-corrected chi connectivity index (χ4v) is 10.1. The molecule has 4 rings (SSSR count). The fraction of sp³-hybridized carbons (Fsp3) is 0.522. The lowest BCUT2D eigenvalue weighted by Crippen LogP contribution is -2.68. The van der Waals surface area contributed by atoms with Crippen LogP contribution in [0.15, 0.2) is 34.2 Å². The molecule has 1 aromatic rings. The van der Waals surface area contributed by atoms with Crippen LogP contribution in [0.1, 0.15) is 32.3 Å². The SMILES string of the molecule is CC[C@H](O)[C@@H]1C(=O)N2C(C(=O)O)=C(SC3CCN(CC(C)=O)C3)S[C@]12SCc1ccc([N+](=O)[O-])cc1. The molecule has 2 fully saturated rings. The van der Waals surface area contributed by atoms with Crippen LogP contribution in [0.2, 0.25) is 0 Å². The predicted octanol–water partition coefficient (Wildman–Crippen LogP) is 3.11. The van der Waals surface area contributed by atoms with Crippen LogP contribution in [0, 0.1) is 16.0 Å². The zero-order chi connectivity index (χ0) is 26.2. The second kappa shape index (κ2) is 10.7. The Hall–Kier alpha value is -2.06. The first-order valence-corrected chi connectivity index (χ1v) is 14.2. The summed E-state index contributed by atoms with van der Waals surface area (Å²) < 4.78 is -0.477. The molecule has 1 unspecified atom stereocenters. The zero-order valence-electron chi connectivity index (χ0n) is 19.8. The van der Waals surface area contributed by atoms with Gasteiger partial charge in [-0.2, -0.15) is 0 Å². The molecule has 4 atom stereocenters. The molecule has 13 heteroatoms. The summed E-state index contributed by atoms with van der Waals surface area (Å²) in [7, 11) is 0. The van der Waals surface area contributed by atoms with Crippen molar-refractivity contribution in [3.63, 3.8) is 0 Å². The number of rotatable bonds is 11. The van der Waals surface area contributed by atoms with E-state index in [0.29, 0.717) is 29.5 Å². The van der Waals surface area contributed by atoms with Crippen molar-refractivity contribution in [1.82, 2.24) is 9.80 Å². The van der Waals surface area contributed by atoms with E-state index >= 15 is 0 Å². The quantitative estimate of drug-likeness (QED) is 0.237. The number of carboxylic acids is 1. The summed E-state index contributed by atoms with van der Waals surface area (Å²) in [6, 6.07) is 6.10. The number of benzene rings is 1. The Morgan fingerprint density at radius 1 is 1.33 bits per heavy atom. The maximum Gasteiger partial charge on any atom is 0.354 e. The van der Waals surface area contributed by atoms with E-state index in [1.165, 1.54) is 52.3 Å². The van der Waals surface area contributed by atoms with Crippen molar-refractivity contribution in [2.75, 3.05) is 19.6 Å². The number of thioether (sulfide) groups is 3. The molecule has 194 valence electrons. The molecule has 0 aliphatic carbocycles. The molecule has 0 bridgehead atoms. The summed E-state index contributed by atoms with van der Waals surface area (Å²) in [5, 5.41) is 31.8. The third-order valence-electron chi connectivity index (χ3n) is 6.39. The minimum absolute atomic E-state index is 0.0271. The van der Waals surface area contributed by atoms with Crippen molar-refractivity contribution in [2.24, 2.45) is 5.92 Å². The van der Waals surface area contributed by atoms with Crippen LogP contribution in [-0.2, 0) is 20.1 Å². The Morgan fingerprint density at radius 2 is 2.03 bits per heavy atom. The van der Waals surface area contributed by atoms with Crippen LogP contribution < -0.4 is 0 Å². The zero-order valence-corrected chi connectivity index (χ0v) is 22.2. The third-order valence-corrected chi connectivity index (χ3v) is 11.1. The van der Waals surface area contributed by atoms with E-state index in [0.717, 1.165) is 18.5 Å². The molecular weight excluding hydrogens is 526 g/mol. The van der Waals surface area contributed by atoms with E-state index in [9.17, 15) is 34.7 Å². The Kier molecular flexibility index (Phi) is 8.05. The number of fused-ring (bicyclic) bond motifs is 1. The predicted molar refractivity (Wildman–Crippen MR) is 139 cm³/mol. The number of hydrogen-bond acceptors (Lipinski definition) is 10. The molecule has 36 heavy (non-hydrogen) atoms. The number of aliphatic hydroxyl groups is 1. The number of amides is 1. The van der Waals surface area contributed by atoms with E-state index in [2.05, 4.69) is 0 Å². The molecule has 0 saturated carbocycles. The van der Waals surface area contributed by atoms with Crippen molar-refractivity contribution in [3.8, 4) is 0 Å². The van der Waals surface area contributed by atoms with E-state index in [1.54, 1.807) is 26.0 Å². The average molecular weight is 554 g/mol. The summed E-state index contributed by atoms with van der Waals surface area (Å²) in [4.78, 5) is 50.8. The number of ketones is 1. The smallest absolute Gasteiger partial charge is 0.354 e. The molecular formula is C23H27N3O7S3. The van der Waals surface area contributed by atoms with Crippen LogP contribution in [0.5, 0.6) is 0 Å². The molecule has 0 radical (unpaired) electrons. The Bertz CT molecular complexity index is 1110. The number of Topliss-reactive ketones (excluding diaryl/α,β-unsaturated/α-hetero) is 1. The number of β-lactam (4-membered cyclic amide) rings is 1. The van der Waals surface area contributed by atoms with Crippen LogP contribution in [0.4, 0.5) is 5.69 Å².